The van der Waals surface area contributed by atoms with Gasteiger partial charge in [-0.1, -0.05) is 26.0 Å². The second-order valence-electron chi connectivity index (χ2n) is 7.95. The lowest BCUT2D eigenvalue weighted by molar-refractivity contribution is -0.142. The van der Waals surface area contributed by atoms with Gasteiger partial charge in [0.2, 0.25) is 17.7 Å². The SMILES string of the molecule is CC(C)C(NC(=O)C(CO)NC(=O)C(N)CC(=O)O)C(=O)NC(Cc1ccc(O)cc1)C(=O)O. The fourth-order valence-electron chi connectivity index (χ4n) is 2.87. The fourth-order valence-corrected chi connectivity index (χ4v) is 2.87. The minimum absolute atomic E-state index is 0.00306. The summed E-state index contributed by atoms with van der Waals surface area (Å²) < 4.78 is 0. The van der Waals surface area contributed by atoms with Gasteiger partial charge in [-0.2, -0.15) is 0 Å². The molecule has 1 aromatic rings. The van der Waals surface area contributed by atoms with Gasteiger partial charge in [-0.05, 0) is 23.6 Å². The predicted octanol–water partition coefficient (Wildman–Crippen LogP) is -2.08. The summed E-state index contributed by atoms with van der Waals surface area (Å²) in [6.45, 7) is 2.33. The number of aliphatic hydroxyl groups excluding tert-OH is 1. The summed E-state index contributed by atoms with van der Waals surface area (Å²) in [4.78, 5) is 59.6. The van der Waals surface area contributed by atoms with Gasteiger partial charge in [0.05, 0.1) is 19.1 Å². The number of amides is 3. The molecule has 0 bridgehead atoms. The van der Waals surface area contributed by atoms with E-state index < -0.39 is 72.8 Å². The molecule has 0 aromatic heterocycles. The van der Waals surface area contributed by atoms with E-state index in [1.54, 1.807) is 13.8 Å². The van der Waals surface area contributed by atoms with Crippen LogP contribution in [-0.4, -0.2) is 80.9 Å². The molecule has 4 unspecified atom stereocenters. The number of phenolic OH excluding ortho intramolecular Hbond substituents is 1. The van der Waals surface area contributed by atoms with E-state index in [1.165, 1.54) is 24.3 Å². The molecule has 0 aliphatic heterocycles. The Morgan fingerprint density at radius 2 is 1.44 bits per heavy atom. The zero-order valence-corrected chi connectivity index (χ0v) is 18.7. The van der Waals surface area contributed by atoms with Crippen molar-refractivity contribution >= 4 is 29.7 Å². The van der Waals surface area contributed by atoms with Gasteiger partial charge >= 0.3 is 11.9 Å². The van der Waals surface area contributed by atoms with Gasteiger partial charge < -0.3 is 42.1 Å². The van der Waals surface area contributed by atoms with Crippen LogP contribution in [0.15, 0.2) is 24.3 Å². The van der Waals surface area contributed by atoms with E-state index >= 15 is 0 Å². The summed E-state index contributed by atoms with van der Waals surface area (Å²) in [6, 6.07) is 0.224. The molecule has 188 valence electrons. The molecule has 13 nitrogen and oxygen atoms in total. The molecule has 1 rings (SSSR count). The zero-order chi connectivity index (χ0) is 26.0. The first-order valence-electron chi connectivity index (χ1n) is 10.4. The predicted molar refractivity (Wildman–Crippen MR) is 117 cm³/mol. The van der Waals surface area contributed by atoms with Crippen LogP contribution in [0.1, 0.15) is 25.8 Å². The molecule has 0 saturated carbocycles. The van der Waals surface area contributed by atoms with Crippen molar-refractivity contribution in [1.82, 2.24) is 16.0 Å². The Morgan fingerprint density at radius 1 is 0.882 bits per heavy atom. The van der Waals surface area contributed by atoms with Gasteiger partial charge in [-0.25, -0.2) is 4.79 Å². The molecule has 0 fully saturated rings. The number of nitrogens with two attached hydrogens (primary N) is 1. The van der Waals surface area contributed by atoms with Crippen molar-refractivity contribution in [3.63, 3.8) is 0 Å². The van der Waals surface area contributed by atoms with E-state index in [1.807, 2.05) is 0 Å². The van der Waals surface area contributed by atoms with Crippen molar-refractivity contribution in [3.05, 3.63) is 29.8 Å². The Bertz CT molecular complexity index is 889. The van der Waals surface area contributed by atoms with Crippen molar-refractivity contribution in [3.8, 4) is 5.75 Å². The molecule has 4 atom stereocenters. The van der Waals surface area contributed by atoms with E-state index in [-0.39, 0.29) is 12.2 Å². The number of rotatable bonds is 13. The van der Waals surface area contributed by atoms with Gasteiger partial charge in [0, 0.05) is 6.42 Å². The average molecular weight is 482 g/mol. The maximum absolute atomic E-state index is 12.8. The first kappa shape index (κ1) is 28.3. The molecular formula is C21H30N4O9. The Morgan fingerprint density at radius 3 is 1.91 bits per heavy atom. The highest BCUT2D eigenvalue weighted by Crippen LogP contribution is 2.12. The van der Waals surface area contributed by atoms with Gasteiger partial charge in [0.1, 0.15) is 23.9 Å². The van der Waals surface area contributed by atoms with E-state index in [2.05, 4.69) is 16.0 Å². The van der Waals surface area contributed by atoms with Crippen LogP contribution in [0.5, 0.6) is 5.75 Å². The standard InChI is InChI=1S/C21H30N4O9/c1-10(2)17(25-19(31)15(9-26)24-18(30)13(22)8-16(28)29)20(32)23-14(21(33)34)7-11-3-5-12(27)6-4-11/h3-6,10,13-15,17,26-27H,7-9,22H2,1-2H3,(H,23,32)(H,24,30)(H,25,31)(H,28,29)(H,33,34). The number of nitrogens with one attached hydrogen (secondary N) is 3. The maximum atomic E-state index is 12.8. The number of benzene rings is 1. The number of carbonyl (C=O) groups excluding carboxylic acids is 3. The highest BCUT2D eigenvalue weighted by molar-refractivity contribution is 5.94. The lowest BCUT2D eigenvalue weighted by Crippen LogP contribution is -2.59. The molecule has 0 aliphatic carbocycles. The lowest BCUT2D eigenvalue weighted by Gasteiger charge is -2.26. The largest absolute Gasteiger partial charge is 0.508 e. The van der Waals surface area contributed by atoms with E-state index in [0.717, 1.165) is 0 Å². The number of phenols is 1. The number of aliphatic carboxylic acids is 2. The number of carbonyl (C=O) groups is 5. The normalized spacial score (nSPS) is 14.4. The first-order chi connectivity index (χ1) is 15.8. The molecule has 0 saturated heterocycles. The molecule has 0 spiro atoms. The zero-order valence-electron chi connectivity index (χ0n) is 18.7. The number of carboxylic acid groups (broad SMARTS) is 2. The molecule has 1 aromatic carbocycles. The Balaban J connectivity index is 2.87. The third kappa shape index (κ3) is 9.03. The molecule has 9 N–H and O–H groups in total. The monoisotopic (exact) mass is 482 g/mol. The second-order valence-corrected chi connectivity index (χ2v) is 7.95. The summed E-state index contributed by atoms with van der Waals surface area (Å²) in [5.41, 5.74) is 5.97. The highest BCUT2D eigenvalue weighted by Gasteiger charge is 2.32. The average Bonchev–Trinajstić information content (AvgIpc) is 2.75. The van der Waals surface area contributed by atoms with Crippen LogP contribution in [0.4, 0.5) is 0 Å². The fraction of sp³-hybridized carbons (Fsp3) is 0.476. The topological polar surface area (TPSA) is 228 Å². The van der Waals surface area contributed by atoms with Crippen molar-refractivity contribution in [2.24, 2.45) is 11.7 Å². The van der Waals surface area contributed by atoms with Gasteiger partial charge in [0.15, 0.2) is 0 Å². The van der Waals surface area contributed by atoms with E-state index in [4.69, 9.17) is 10.8 Å². The molecule has 0 radical (unpaired) electrons. The molecule has 0 aliphatic rings. The van der Waals surface area contributed by atoms with Crippen molar-refractivity contribution in [1.29, 1.82) is 0 Å². The number of hydrogen-bond acceptors (Lipinski definition) is 8. The molecule has 34 heavy (non-hydrogen) atoms. The quantitative estimate of drug-likeness (QED) is 0.153. The van der Waals surface area contributed by atoms with Crippen LogP contribution in [0.25, 0.3) is 0 Å². The highest BCUT2D eigenvalue weighted by atomic mass is 16.4. The summed E-state index contributed by atoms with van der Waals surface area (Å²) >= 11 is 0. The van der Waals surface area contributed by atoms with Crippen LogP contribution in [-0.2, 0) is 30.4 Å². The van der Waals surface area contributed by atoms with Gasteiger partial charge in [0.25, 0.3) is 0 Å². The molecule has 13 heteroatoms. The number of carboxylic acids is 2. The minimum Gasteiger partial charge on any atom is -0.508 e. The minimum atomic E-state index is -1.52. The van der Waals surface area contributed by atoms with Crippen molar-refractivity contribution in [2.45, 2.75) is 50.9 Å². The van der Waals surface area contributed by atoms with Crippen LogP contribution in [0.2, 0.25) is 0 Å². The van der Waals surface area contributed by atoms with Crippen molar-refractivity contribution in [2.75, 3.05) is 6.61 Å². The van der Waals surface area contributed by atoms with Crippen LogP contribution >= 0.6 is 0 Å². The van der Waals surface area contributed by atoms with Gasteiger partial charge in [-0.3, -0.25) is 19.2 Å². The molecule has 0 heterocycles. The summed E-state index contributed by atoms with van der Waals surface area (Å²) in [5.74, 6) is -5.89. The Hall–Kier alpha value is -3.71. The third-order valence-corrected chi connectivity index (χ3v) is 4.78. The smallest absolute Gasteiger partial charge is 0.326 e. The summed E-state index contributed by atoms with van der Waals surface area (Å²) in [7, 11) is 0. The third-order valence-electron chi connectivity index (χ3n) is 4.78. The Kier molecular flexibility index (Phi) is 10.9. The molecule has 3 amide bonds. The lowest BCUT2D eigenvalue weighted by atomic mass is 10.0. The second kappa shape index (κ2) is 13.1. The molecular weight excluding hydrogens is 452 g/mol. The van der Waals surface area contributed by atoms with Crippen molar-refractivity contribution < 1.29 is 44.4 Å². The Labute approximate surface area is 195 Å². The number of aliphatic hydroxyl groups is 1. The maximum Gasteiger partial charge on any atom is 0.326 e. The van der Waals surface area contributed by atoms with Crippen LogP contribution in [0.3, 0.4) is 0 Å². The number of aromatic hydroxyl groups is 1. The first-order valence-corrected chi connectivity index (χ1v) is 10.4. The number of hydrogen-bond donors (Lipinski definition) is 8. The summed E-state index contributed by atoms with van der Waals surface area (Å²) in [6.07, 6.45) is -0.781. The van der Waals surface area contributed by atoms with Crippen LogP contribution in [0, 0.1) is 5.92 Å². The summed E-state index contributed by atoms with van der Waals surface area (Å²) in [5, 5.41) is 43.8. The van der Waals surface area contributed by atoms with E-state index in [0.29, 0.717) is 5.56 Å². The van der Waals surface area contributed by atoms with E-state index in [9.17, 15) is 39.3 Å². The van der Waals surface area contributed by atoms with Gasteiger partial charge in [-0.15, -0.1) is 0 Å². The van der Waals surface area contributed by atoms with Crippen LogP contribution < -0.4 is 21.7 Å².